The van der Waals surface area contributed by atoms with Gasteiger partial charge in [-0.3, -0.25) is 0 Å². The summed E-state index contributed by atoms with van der Waals surface area (Å²) < 4.78 is 5.31. The van der Waals surface area contributed by atoms with Crippen LogP contribution >= 0.6 is 0 Å². The van der Waals surface area contributed by atoms with E-state index >= 15 is 0 Å². The Hall–Kier alpha value is -2.11. The fourth-order valence-corrected chi connectivity index (χ4v) is 2.62. The molecule has 1 amide bonds. The maximum atomic E-state index is 10.6. The van der Waals surface area contributed by atoms with Crippen molar-refractivity contribution in [2.45, 2.75) is 37.8 Å². The third-order valence-corrected chi connectivity index (χ3v) is 3.64. The number of rotatable bonds is 4. The van der Waals surface area contributed by atoms with Gasteiger partial charge in [-0.25, -0.2) is 4.79 Å². The van der Waals surface area contributed by atoms with Crippen LogP contribution in [0.4, 0.5) is 16.2 Å². The Morgan fingerprint density at radius 1 is 1.30 bits per heavy atom. The van der Waals surface area contributed by atoms with E-state index in [1.54, 1.807) is 13.2 Å². The summed E-state index contributed by atoms with van der Waals surface area (Å²) in [5.74, 6) is 0.769. The van der Waals surface area contributed by atoms with Crippen LogP contribution in [0.15, 0.2) is 18.2 Å². The molecule has 0 aromatic heterocycles. The van der Waals surface area contributed by atoms with Crippen molar-refractivity contribution >= 4 is 17.5 Å². The summed E-state index contributed by atoms with van der Waals surface area (Å²) in [4.78, 5) is 10.6. The van der Waals surface area contributed by atoms with Crippen LogP contribution < -0.4 is 21.1 Å². The standard InChI is InChI=1S/C14H21N3O3/c1-20-13-7-2-9(15)8-12(13)16-10-3-5-11(6-4-10)17-14(18)19/h2,7-8,10-11,16-17H,3-6,15H2,1H3,(H,18,19)/t10-,11-. The molecule has 0 atom stereocenters. The summed E-state index contributed by atoms with van der Waals surface area (Å²) in [5, 5.41) is 14.7. The van der Waals surface area contributed by atoms with Crippen molar-refractivity contribution in [3.63, 3.8) is 0 Å². The lowest BCUT2D eigenvalue weighted by atomic mass is 9.91. The normalized spacial score (nSPS) is 22.1. The molecule has 20 heavy (non-hydrogen) atoms. The highest BCUT2D eigenvalue weighted by Gasteiger charge is 2.22. The fourth-order valence-electron chi connectivity index (χ4n) is 2.62. The topological polar surface area (TPSA) is 96.6 Å². The van der Waals surface area contributed by atoms with E-state index in [9.17, 15) is 4.79 Å². The van der Waals surface area contributed by atoms with Crippen LogP contribution in [-0.4, -0.2) is 30.4 Å². The van der Waals surface area contributed by atoms with Crippen molar-refractivity contribution in [3.05, 3.63) is 18.2 Å². The Labute approximate surface area is 118 Å². The summed E-state index contributed by atoms with van der Waals surface area (Å²) in [6.07, 6.45) is 2.58. The van der Waals surface area contributed by atoms with E-state index in [0.717, 1.165) is 37.1 Å². The van der Waals surface area contributed by atoms with Gasteiger partial charge in [0.05, 0.1) is 12.8 Å². The molecule has 0 bridgehead atoms. The van der Waals surface area contributed by atoms with E-state index in [0.29, 0.717) is 11.7 Å². The van der Waals surface area contributed by atoms with E-state index in [-0.39, 0.29) is 6.04 Å². The molecule has 0 unspecified atom stereocenters. The van der Waals surface area contributed by atoms with Crippen LogP contribution in [0.2, 0.25) is 0 Å². The number of nitrogens with two attached hydrogens (primary N) is 1. The quantitative estimate of drug-likeness (QED) is 0.634. The van der Waals surface area contributed by atoms with Gasteiger partial charge in [-0.05, 0) is 43.9 Å². The molecule has 6 heteroatoms. The lowest BCUT2D eigenvalue weighted by Gasteiger charge is -2.30. The van der Waals surface area contributed by atoms with Gasteiger partial charge in [0.25, 0.3) is 0 Å². The molecule has 1 aliphatic carbocycles. The Morgan fingerprint density at radius 3 is 2.55 bits per heavy atom. The zero-order valence-electron chi connectivity index (χ0n) is 11.6. The van der Waals surface area contributed by atoms with E-state index in [2.05, 4.69) is 10.6 Å². The first-order valence-corrected chi connectivity index (χ1v) is 6.78. The van der Waals surface area contributed by atoms with Crippen molar-refractivity contribution in [1.82, 2.24) is 5.32 Å². The number of amides is 1. The molecule has 0 saturated heterocycles. The molecule has 2 rings (SSSR count). The van der Waals surface area contributed by atoms with Crippen molar-refractivity contribution in [1.29, 1.82) is 0 Å². The first-order chi connectivity index (χ1) is 9.58. The average molecular weight is 279 g/mol. The molecule has 6 nitrogen and oxygen atoms in total. The van der Waals surface area contributed by atoms with Gasteiger partial charge in [-0.2, -0.15) is 0 Å². The van der Waals surface area contributed by atoms with Crippen molar-refractivity contribution in [3.8, 4) is 5.75 Å². The second-order valence-electron chi connectivity index (χ2n) is 5.10. The van der Waals surface area contributed by atoms with Gasteiger partial charge in [-0.15, -0.1) is 0 Å². The maximum Gasteiger partial charge on any atom is 0.404 e. The number of carboxylic acid groups (broad SMARTS) is 1. The van der Waals surface area contributed by atoms with Gasteiger partial charge >= 0.3 is 6.09 Å². The van der Waals surface area contributed by atoms with Crippen LogP contribution in [0.3, 0.4) is 0 Å². The second kappa shape index (κ2) is 6.36. The van der Waals surface area contributed by atoms with Gasteiger partial charge in [0, 0.05) is 17.8 Å². The Morgan fingerprint density at radius 2 is 1.95 bits per heavy atom. The van der Waals surface area contributed by atoms with E-state index in [4.69, 9.17) is 15.6 Å². The molecular weight excluding hydrogens is 258 g/mol. The zero-order chi connectivity index (χ0) is 14.5. The zero-order valence-corrected chi connectivity index (χ0v) is 11.6. The Bertz CT molecular complexity index is 471. The number of ether oxygens (including phenoxy) is 1. The van der Waals surface area contributed by atoms with Gasteiger partial charge in [0.2, 0.25) is 0 Å². The number of hydrogen-bond acceptors (Lipinski definition) is 4. The highest BCUT2D eigenvalue weighted by atomic mass is 16.5. The lowest BCUT2D eigenvalue weighted by Crippen LogP contribution is -2.39. The van der Waals surface area contributed by atoms with E-state index in [1.807, 2.05) is 12.1 Å². The van der Waals surface area contributed by atoms with Crippen molar-refractivity contribution in [2.75, 3.05) is 18.2 Å². The molecule has 0 aliphatic heterocycles. The second-order valence-corrected chi connectivity index (χ2v) is 5.10. The smallest absolute Gasteiger partial charge is 0.404 e. The minimum Gasteiger partial charge on any atom is -0.495 e. The first-order valence-electron chi connectivity index (χ1n) is 6.78. The molecule has 110 valence electrons. The molecule has 1 saturated carbocycles. The summed E-state index contributed by atoms with van der Waals surface area (Å²) in [5.41, 5.74) is 7.37. The maximum absolute atomic E-state index is 10.6. The summed E-state index contributed by atoms with van der Waals surface area (Å²) in [6, 6.07) is 5.89. The number of nitrogen functional groups attached to an aromatic ring is 1. The number of methoxy groups -OCH3 is 1. The minimum atomic E-state index is -0.945. The van der Waals surface area contributed by atoms with Crippen LogP contribution in [-0.2, 0) is 0 Å². The SMILES string of the molecule is COc1ccc(N)cc1N[C@H]1CC[C@H](NC(=O)O)CC1. The van der Waals surface area contributed by atoms with E-state index in [1.165, 1.54) is 0 Å². The monoisotopic (exact) mass is 279 g/mol. The molecular formula is C14H21N3O3. The Balaban J connectivity index is 1.92. The van der Waals surface area contributed by atoms with Crippen LogP contribution in [0.25, 0.3) is 0 Å². The molecule has 5 N–H and O–H groups in total. The van der Waals surface area contributed by atoms with Gasteiger partial charge in [0.15, 0.2) is 0 Å². The minimum absolute atomic E-state index is 0.0632. The third-order valence-electron chi connectivity index (χ3n) is 3.64. The molecule has 0 heterocycles. The highest BCUT2D eigenvalue weighted by Crippen LogP contribution is 2.30. The van der Waals surface area contributed by atoms with Crippen LogP contribution in [0.5, 0.6) is 5.75 Å². The predicted octanol–water partition coefficient (Wildman–Crippen LogP) is 2.27. The number of hydrogen-bond donors (Lipinski definition) is 4. The molecule has 0 radical (unpaired) electrons. The number of carbonyl (C=O) groups is 1. The highest BCUT2D eigenvalue weighted by molar-refractivity contribution is 5.65. The van der Waals surface area contributed by atoms with Crippen LogP contribution in [0, 0.1) is 0 Å². The fraction of sp³-hybridized carbons (Fsp3) is 0.500. The molecule has 0 spiro atoms. The molecule has 1 fully saturated rings. The third kappa shape index (κ3) is 3.69. The lowest BCUT2D eigenvalue weighted by molar-refractivity contribution is 0.185. The number of nitrogens with one attached hydrogen (secondary N) is 2. The Kier molecular flexibility index (Phi) is 4.55. The van der Waals surface area contributed by atoms with Gasteiger partial charge < -0.3 is 26.2 Å². The van der Waals surface area contributed by atoms with E-state index < -0.39 is 6.09 Å². The summed E-state index contributed by atoms with van der Waals surface area (Å²) in [6.45, 7) is 0. The van der Waals surface area contributed by atoms with Gasteiger partial charge in [-0.1, -0.05) is 0 Å². The number of anilines is 2. The largest absolute Gasteiger partial charge is 0.495 e. The van der Waals surface area contributed by atoms with Gasteiger partial charge in [0.1, 0.15) is 5.75 Å². The predicted molar refractivity (Wildman–Crippen MR) is 78.2 cm³/mol. The molecule has 1 aliphatic rings. The first kappa shape index (κ1) is 14.3. The van der Waals surface area contributed by atoms with Crippen molar-refractivity contribution < 1.29 is 14.6 Å². The number of benzene rings is 1. The molecule has 1 aromatic rings. The summed E-state index contributed by atoms with van der Waals surface area (Å²) >= 11 is 0. The average Bonchev–Trinajstić information content (AvgIpc) is 2.41. The summed E-state index contributed by atoms with van der Waals surface area (Å²) in [7, 11) is 1.63. The molecule has 1 aromatic carbocycles. The van der Waals surface area contributed by atoms with Crippen LogP contribution in [0.1, 0.15) is 25.7 Å². The van der Waals surface area contributed by atoms with Crippen molar-refractivity contribution in [2.24, 2.45) is 0 Å².